The molecule has 0 unspecified atom stereocenters. The van der Waals surface area contributed by atoms with Crippen LogP contribution in [0.2, 0.25) is 0 Å². The first-order chi connectivity index (χ1) is 16.9. The molecule has 0 bridgehead atoms. The molecule has 2 aliphatic rings. The quantitative estimate of drug-likeness (QED) is 0.511. The van der Waals surface area contributed by atoms with E-state index in [4.69, 9.17) is 9.47 Å². The molecule has 188 valence electrons. The number of carbonyl (C=O) groups is 2. The first-order valence-corrected chi connectivity index (χ1v) is 13.0. The van der Waals surface area contributed by atoms with Gasteiger partial charge >= 0.3 is 0 Å². The van der Waals surface area contributed by atoms with Crippen LogP contribution in [0.1, 0.15) is 6.42 Å². The van der Waals surface area contributed by atoms with Crippen LogP contribution in [0, 0.1) is 0 Å². The minimum atomic E-state index is -3.76. The molecule has 2 aromatic carbocycles. The van der Waals surface area contributed by atoms with Crippen LogP contribution in [0.5, 0.6) is 5.75 Å². The van der Waals surface area contributed by atoms with Crippen molar-refractivity contribution in [2.45, 2.75) is 11.3 Å². The molecule has 2 heterocycles. The van der Waals surface area contributed by atoms with Crippen LogP contribution < -0.4 is 19.9 Å². The maximum absolute atomic E-state index is 13.1. The van der Waals surface area contributed by atoms with E-state index in [9.17, 15) is 18.0 Å². The van der Waals surface area contributed by atoms with E-state index in [1.807, 2.05) is 37.4 Å². The van der Waals surface area contributed by atoms with Crippen molar-refractivity contribution in [3.05, 3.63) is 48.5 Å². The third-order valence-corrected chi connectivity index (χ3v) is 7.87. The number of benzene rings is 2. The average Bonchev–Trinajstić information content (AvgIpc) is 2.89. The third kappa shape index (κ3) is 5.92. The summed E-state index contributed by atoms with van der Waals surface area (Å²) >= 11 is 0. The van der Waals surface area contributed by atoms with Gasteiger partial charge in [-0.15, -0.1) is 0 Å². The first-order valence-electron chi connectivity index (χ1n) is 11.5. The summed E-state index contributed by atoms with van der Waals surface area (Å²) in [5.74, 6) is -0.366. The highest BCUT2D eigenvalue weighted by Crippen LogP contribution is 2.35. The summed E-state index contributed by atoms with van der Waals surface area (Å²) in [6, 6.07) is 14.3. The van der Waals surface area contributed by atoms with E-state index in [2.05, 4.69) is 10.2 Å². The fraction of sp³-hybridized carbons (Fsp3) is 0.417. The zero-order valence-electron chi connectivity index (χ0n) is 19.7. The standard InChI is InChI=1S/C24H30N4O6S/c1-26(19-6-3-2-4-7-19)11-5-10-25-23(29)17-28-21-16-20(8-9-22(21)34-18-24(28)30)35(31,32)27-12-14-33-15-13-27/h2-4,6-9,16H,5,10-15,17-18H2,1H3,(H,25,29). The molecule has 0 aromatic heterocycles. The second-order valence-electron chi connectivity index (χ2n) is 8.38. The van der Waals surface area contributed by atoms with Crippen LogP contribution in [0.15, 0.2) is 53.4 Å². The van der Waals surface area contributed by atoms with Gasteiger partial charge in [-0.25, -0.2) is 8.42 Å². The van der Waals surface area contributed by atoms with E-state index in [-0.39, 0.29) is 42.7 Å². The molecule has 0 atom stereocenters. The summed E-state index contributed by atoms with van der Waals surface area (Å²) in [5.41, 5.74) is 1.37. The van der Waals surface area contributed by atoms with Crippen molar-refractivity contribution in [1.82, 2.24) is 9.62 Å². The van der Waals surface area contributed by atoms with Gasteiger partial charge in [-0.3, -0.25) is 14.5 Å². The molecule has 11 heteroatoms. The smallest absolute Gasteiger partial charge is 0.265 e. The SMILES string of the molecule is CN(CCCNC(=O)CN1C(=O)COc2ccc(S(=O)(=O)N3CCOCC3)cc21)c1ccccc1. The number of nitrogens with zero attached hydrogens (tertiary/aromatic N) is 3. The lowest BCUT2D eigenvalue weighted by molar-refractivity contribution is -0.125. The Morgan fingerprint density at radius 1 is 1.11 bits per heavy atom. The Labute approximate surface area is 205 Å². The first kappa shape index (κ1) is 25.0. The lowest BCUT2D eigenvalue weighted by atomic mass is 10.2. The van der Waals surface area contributed by atoms with Gasteiger partial charge in [0.2, 0.25) is 15.9 Å². The summed E-state index contributed by atoms with van der Waals surface area (Å²) in [6.07, 6.45) is 0.729. The number of anilines is 2. The molecule has 0 aliphatic carbocycles. The highest BCUT2D eigenvalue weighted by molar-refractivity contribution is 7.89. The molecular weight excluding hydrogens is 472 g/mol. The molecule has 1 saturated heterocycles. The topological polar surface area (TPSA) is 108 Å². The number of hydrogen-bond acceptors (Lipinski definition) is 7. The summed E-state index contributed by atoms with van der Waals surface area (Å²) in [6.45, 7) is 1.97. The highest BCUT2D eigenvalue weighted by atomic mass is 32.2. The maximum atomic E-state index is 13.1. The highest BCUT2D eigenvalue weighted by Gasteiger charge is 2.31. The summed E-state index contributed by atoms with van der Waals surface area (Å²) in [7, 11) is -1.77. The predicted octanol–water partition coefficient (Wildman–Crippen LogP) is 1.08. The number of nitrogens with one attached hydrogen (secondary N) is 1. The van der Waals surface area contributed by atoms with Crippen LogP contribution in [-0.2, 0) is 24.3 Å². The number of amides is 2. The van der Waals surface area contributed by atoms with Gasteiger partial charge in [0, 0.05) is 38.9 Å². The Kier molecular flexibility index (Phi) is 7.89. The van der Waals surface area contributed by atoms with Crippen LogP contribution in [-0.4, -0.2) is 84.1 Å². The third-order valence-electron chi connectivity index (χ3n) is 5.97. The molecule has 2 amide bonds. The maximum Gasteiger partial charge on any atom is 0.265 e. The fourth-order valence-corrected chi connectivity index (χ4v) is 5.44. The van der Waals surface area contributed by atoms with Gasteiger partial charge in [0.25, 0.3) is 5.91 Å². The Bertz CT molecular complexity index is 1150. The van der Waals surface area contributed by atoms with Crippen molar-refractivity contribution in [3.63, 3.8) is 0 Å². The van der Waals surface area contributed by atoms with Gasteiger partial charge in [0.15, 0.2) is 6.61 Å². The summed E-state index contributed by atoms with van der Waals surface area (Å²) in [5, 5.41) is 2.84. The number of ether oxygens (including phenoxy) is 2. The molecule has 1 fully saturated rings. The summed E-state index contributed by atoms with van der Waals surface area (Å²) < 4.78 is 38.2. The van der Waals surface area contributed by atoms with Gasteiger partial charge in [0.1, 0.15) is 12.3 Å². The number of fused-ring (bicyclic) bond motifs is 1. The molecule has 1 N–H and O–H groups in total. The number of hydrogen-bond donors (Lipinski definition) is 1. The number of carbonyl (C=O) groups excluding carboxylic acids is 2. The Hall–Kier alpha value is -3.15. The predicted molar refractivity (Wildman–Crippen MR) is 131 cm³/mol. The normalized spacial score (nSPS) is 16.4. The Morgan fingerprint density at radius 3 is 2.60 bits per heavy atom. The van der Waals surface area contributed by atoms with Gasteiger partial charge in [0.05, 0.1) is 23.8 Å². The molecular formula is C24H30N4O6S. The van der Waals surface area contributed by atoms with Crippen molar-refractivity contribution < 1.29 is 27.5 Å². The second kappa shape index (κ2) is 11.1. The minimum Gasteiger partial charge on any atom is -0.482 e. The monoisotopic (exact) mass is 502 g/mol. The van der Waals surface area contributed by atoms with Crippen molar-refractivity contribution in [1.29, 1.82) is 0 Å². The summed E-state index contributed by atoms with van der Waals surface area (Å²) in [4.78, 5) is 28.6. The second-order valence-corrected chi connectivity index (χ2v) is 10.3. The fourth-order valence-electron chi connectivity index (χ4n) is 4.01. The minimum absolute atomic E-state index is 0.0470. The number of para-hydroxylation sites is 1. The van der Waals surface area contributed by atoms with E-state index in [0.29, 0.717) is 25.5 Å². The van der Waals surface area contributed by atoms with E-state index < -0.39 is 15.9 Å². The van der Waals surface area contributed by atoms with Crippen LogP contribution in [0.25, 0.3) is 0 Å². The van der Waals surface area contributed by atoms with Gasteiger partial charge in [-0.05, 0) is 36.8 Å². The number of morpholine rings is 1. The van der Waals surface area contributed by atoms with E-state index in [1.165, 1.54) is 27.4 Å². The van der Waals surface area contributed by atoms with E-state index >= 15 is 0 Å². The van der Waals surface area contributed by atoms with Crippen LogP contribution in [0.3, 0.4) is 0 Å². The largest absolute Gasteiger partial charge is 0.482 e. The molecule has 2 aliphatic heterocycles. The molecule has 0 spiro atoms. The zero-order valence-corrected chi connectivity index (χ0v) is 20.5. The number of sulfonamides is 1. The average molecular weight is 503 g/mol. The lowest BCUT2D eigenvalue weighted by Gasteiger charge is -2.30. The van der Waals surface area contributed by atoms with Crippen molar-refractivity contribution in [3.8, 4) is 5.75 Å². The molecule has 0 radical (unpaired) electrons. The van der Waals surface area contributed by atoms with Crippen molar-refractivity contribution >= 4 is 33.2 Å². The number of rotatable bonds is 9. The molecule has 0 saturated carbocycles. The van der Waals surface area contributed by atoms with Crippen LogP contribution in [0.4, 0.5) is 11.4 Å². The Balaban J connectivity index is 1.38. The zero-order chi connectivity index (χ0) is 24.8. The molecule has 35 heavy (non-hydrogen) atoms. The van der Waals surface area contributed by atoms with Crippen molar-refractivity contribution in [2.75, 3.05) is 69.4 Å². The van der Waals surface area contributed by atoms with E-state index in [1.54, 1.807) is 0 Å². The lowest BCUT2D eigenvalue weighted by Crippen LogP contribution is -2.45. The van der Waals surface area contributed by atoms with Crippen molar-refractivity contribution in [2.24, 2.45) is 0 Å². The molecule has 2 aromatic rings. The van der Waals surface area contributed by atoms with Crippen LogP contribution >= 0.6 is 0 Å². The Morgan fingerprint density at radius 2 is 1.86 bits per heavy atom. The van der Waals surface area contributed by atoms with Gasteiger partial charge < -0.3 is 19.7 Å². The van der Waals surface area contributed by atoms with E-state index in [0.717, 1.165) is 18.7 Å². The van der Waals surface area contributed by atoms with Gasteiger partial charge in [-0.2, -0.15) is 4.31 Å². The van der Waals surface area contributed by atoms with Gasteiger partial charge in [-0.1, -0.05) is 18.2 Å². The molecule has 4 rings (SSSR count). The molecule has 10 nitrogen and oxygen atoms in total.